The van der Waals surface area contributed by atoms with Crippen LogP contribution in [0.4, 0.5) is 11.5 Å². The topological polar surface area (TPSA) is 90.8 Å². The van der Waals surface area contributed by atoms with Crippen LogP contribution in [-0.2, 0) is 6.42 Å². The van der Waals surface area contributed by atoms with E-state index in [-0.39, 0.29) is 11.4 Å². The number of hydrogen-bond acceptors (Lipinski definition) is 5. The number of nitrogens with zero attached hydrogens (tertiary/aromatic N) is 2. The molecule has 1 aromatic heterocycles. The van der Waals surface area contributed by atoms with Crippen LogP contribution in [-0.4, -0.2) is 17.1 Å². The SMILES string of the molecule is CCC(C)Cc1nc(Nc2c(C)cccc2OC)c(C#N)c(=O)[nH]1. The van der Waals surface area contributed by atoms with E-state index in [4.69, 9.17) is 4.74 Å². The molecule has 0 fully saturated rings. The molecule has 24 heavy (non-hydrogen) atoms. The lowest BCUT2D eigenvalue weighted by molar-refractivity contribution is 0.416. The van der Waals surface area contributed by atoms with Crippen molar-refractivity contribution in [1.29, 1.82) is 5.26 Å². The van der Waals surface area contributed by atoms with Gasteiger partial charge in [0, 0.05) is 6.42 Å². The number of aromatic amines is 1. The summed E-state index contributed by atoms with van der Waals surface area (Å²) in [6, 6.07) is 7.54. The molecule has 1 atom stereocenters. The molecule has 1 heterocycles. The minimum absolute atomic E-state index is 0.0341. The summed E-state index contributed by atoms with van der Waals surface area (Å²) in [5.74, 6) is 1.85. The molecule has 0 aliphatic heterocycles. The number of aryl methyl sites for hydroxylation is 1. The predicted octanol–water partition coefficient (Wildman–Crippen LogP) is 3.29. The standard InChI is InChI=1S/C18H22N4O2/c1-5-11(2)9-15-20-17(13(10-19)18(23)21-15)22-16-12(3)7-6-8-14(16)24-4/h6-8,11H,5,9H2,1-4H3,(H2,20,21,22,23). The van der Waals surface area contributed by atoms with Crippen LogP contribution >= 0.6 is 0 Å². The number of ether oxygens (including phenoxy) is 1. The lowest BCUT2D eigenvalue weighted by Gasteiger charge is -2.15. The number of nitriles is 1. The lowest BCUT2D eigenvalue weighted by Crippen LogP contribution is -2.19. The molecule has 0 saturated carbocycles. The Kier molecular flexibility index (Phi) is 5.59. The Labute approximate surface area is 141 Å². The fourth-order valence-electron chi connectivity index (χ4n) is 2.37. The molecular weight excluding hydrogens is 304 g/mol. The van der Waals surface area contributed by atoms with Crippen molar-refractivity contribution in [3.63, 3.8) is 0 Å². The molecule has 6 heteroatoms. The molecule has 0 radical (unpaired) electrons. The van der Waals surface area contributed by atoms with E-state index in [1.807, 2.05) is 31.2 Å². The number of methoxy groups -OCH3 is 1. The fourth-order valence-corrected chi connectivity index (χ4v) is 2.37. The first kappa shape index (κ1) is 17.5. The van der Waals surface area contributed by atoms with Gasteiger partial charge in [-0.25, -0.2) is 4.98 Å². The van der Waals surface area contributed by atoms with E-state index in [9.17, 15) is 10.1 Å². The van der Waals surface area contributed by atoms with Gasteiger partial charge in [0.1, 0.15) is 17.6 Å². The molecule has 0 aliphatic rings. The Morgan fingerprint density at radius 1 is 1.46 bits per heavy atom. The first-order chi connectivity index (χ1) is 11.5. The van der Waals surface area contributed by atoms with Crippen molar-refractivity contribution in [1.82, 2.24) is 9.97 Å². The molecule has 0 saturated heterocycles. The van der Waals surface area contributed by atoms with E-state index in [0.717, 1.165) is 12.0 Å². The van der Waals surface area contributed by atoms with Gasteiger partial charge >= 0.3 is 0 Å². The Hall–Kier alpha value is -2.81. The lowest BCUT2D eigenvalue weighted by atomic mass is 10.1. The van der Waals surface area contributed by atoms with Crippen molar-refractivity contribution >= 4 is 11.5 Å². The van der Waals surface area contributed by atoms with Crippen LogP contribution in [0.3, 0.4) is 0 Å². The fraction of sp³-hybridized carbons (Fsp3) is 0.389. The van der Waals surface area contributed by atoms with Gasteiger partial charge in [0.05, 0.1) is 12.8 Å². The number of H-pyrrole nitrogens is 1. The maximum atomic E-state index is 12.2. The van der Waals surface area contributed by atoms with Crippen LogP contribution < -0.4 is 15.6 Å². The van der Waals surface area contributed by atoms with Crippen LogP contribution in [0.25, 0.3) is 0 Å². The van der Waals surface area contributed by atoms with E-state index in [2.05, 4.69) is 29.1 Å². The average molecular weight is 326 g/mol. The Morgan fingerprint density at radius 2 is 2.21 bits per heavy atom. The molecule has 0 aliphatic carbocycles. The second-order valence-corrected chi connectivity index (χ2v) is 5.84. The molecular formula is C18H22N4O2. The molecule has 2 aromatic rings. The van der Waals surface area contributed by atoms with E-state index >= 15 is 0 Å². The number of benzene rings is 1. The monoisotopic (exact) mass is 326 g/mol. The van der Waals surface area contributed by atoms with Gasteiger partial charge in [-0.2, -0.15) is 5.26 Å². The summed E-state index contributed by atoms with van der Waals surface area (Å²) < 4.78 is 5.36. The molecule has 2 N–H and O–H groups in total. The summed E-state index contributed by atoms with van der Waals surface area (Å²) in [7, 11) is 1.57. The highest BCUT2D eigenvalue weighted by molar-refractivity contribution is 5.70. The summed E-state index contributed by atoms with van der Waals surface area (Å²) in [4.78, 5) is 19.4. The molecule has 0 spiro atoms. The summed E-state index contributed by atoms with van der Waals surface area (Å²) in [6.45, 7) is 6.10. The van der Waals surface area contributed by atoms with Gasteiger partial charge in [-0.05, 0) is 24.5 Å². The third-order valence-electron chi connectivity index (χ3n) is 4.02. The van der Waals surface area contributed by atoms with Gasteiger partial charge in [0.15, 0.2) is 11.4 Å². The van der Waals surface area contributed by atoms with Crippen LogP contribution in [0.15, 0.2) is 23.0 Å². The number of nitrogens with one attached hydrogen (secondary N) is 2. The smallest absolute Gasteiger partial charge is 0.271 e. The van der Waals surface area contributed by atoms with Gasteiger partial charge in [0.25, 0.3) is 5.56 Å². The Morgan fingerprint density at radius 3 is 2.83 bits per heavy atom. The van der Waals surface area contributed by atoms with Crippen molar-refractivity contribution in [3.05, 3.63) is 45.5 Å². The van der Waals surface area contributed by atoms with Crippen LogP contribution in [0.1, 0.15) is 37.2 Å². The number of anilines is 2. The van der Waals surface area contributed by atoms with Crippen LogP contribution in [0, 0.1) is 24.2 Å². The van der Waals surface area contributed by atoms with Gasteiger partial charge in [0.2, 0.25) is 0 Å². The third-order valence-corrected chi connectivity index (χ3v) is 4.02. The third kappa shape index (κ3) is 3.74. The van der Waals surface area contributed by atoms with Crippen molar-refractivity contribution in [2.24, 2.45) is 5.92 Å². The normalized spacial score (nSPS) is 11.6. The molecule has 6 nitrogen and oxygen atoms in total. The van der Waals surface area contributed by atoms with E-state index in [1.165, 1.54) is 0 Å². The number of para-hydroxylation sites is 1. The molecule has 0 amide bonds. The Balaban J connectivity index is 2.50. The summed E-state index contributed by atoms with van der Waals surface area (Å²) >= 11 is 0. The molecule has 2 rings (SSSR count). The van der Waals surface area contributed by atoms with Gasteiger partial charge in [-0.1, -0.05) is 32.4 Å². The highest BCUT2D eigenvalue weighted by Gasteiger charge is 2.15. The number of rotatable bonds is 6. The highest BCUT2D eigenvalue weighted by Crippen LogP contribution is 2.30. The van der Waals surface area contributed by atoms with Gasteiger partial charge in [-0.15, -0.1) is 0 Å². The maximum absolute atomic E-state index is 12.2. The molecule has 0 bridgehead atoms. The second kappa shape index (κ2) is 7.64. The molecule has 1 unspecified atom stereocenters. The van der Waals surface area contributed by atoms with Crippen LogP contribution in [0.2, 0.25) is 0 Å². The van der Waals surface area contributed by atoms with Crippen molar-refractivity contribution in [2.75, 3.05) is 12.4 Å². The quantitative estimate of drug-likeness (QED) is 0.850. The highest BCUT2D eigenvalue weighted by atomic mass is 16.5. The Bertz CT molecular complexity index is 821. The summed E-state index contributed by atoms with van der Waals surface area (Å²) in [5.41, 5.74) is 1.17. The minimum atomic E-state index is -0.430. The van der Waals surface area contributed by atoms with Crippen molar-refractivity contribution in [2.45, 2.75) is 33.6 Å². The van der Waals surface area contributed by atoms with Gasteiger partial charge in [-0.3, -0.25) is 4.79 Å². The van der Waals surface area contributed by atoms with E-state index in [0.29, 0.717) is 29.6 Å². The second-order valence-electron chi connectivity index (χ2n) is 5.84. The number of hydrogen-bond donors (Lipinski definition) is 2. The zero-order valence-corrected chi connectivity index (χ0v) is 14.4. The maximum Gasteiger partial charge on any atom is 0.271 e. The first-order valence-corrected chi connectivity index (χ1v) is 7.94. The zero-order valence-electron chi connectivity index (χ0n) is 14.4. The summed E-state index contributed by atoms with van der Waals surface area (Å²) in [6.07, 6.45) is 1.63. The van der Waals surface area contributed by atoms with Crippen molar-refractivity contribution in [3.8, 4) is 11.8 Å². The predicted molar refractivity (Wildman–Crippen MR) is 93.7 cm³/mol. The first-order valence-electron chi connectivity index (χ1n) is 7.94. The average Bonchev–Trinajstić information content (AvgIpc) is 2.56. The largest absolute Gasteiger partial charge is 0.495 e. The molecule has 126 valence electrons. The van der Waals surface area contributed by atoms with Crippen molar-refractivity contribution < 1.29 is 4.74 Å². The summed E-state index contributed by atoms with van der Waals surface area (Å²) in [5, 5.41) is 12.4. The zero-order chi connectivity index (χ0) is 17.7. The van der Waals surface area contributed by atoms with Gasteiger partial charge < -0.3 is 15.0 Å². The molecule has 1 aromatic carbocycles. The van der Waals surface area contributed by atoms with E-state index in [1.54, 1.807) is 7.11 Å². The number of aromatic nitrogens is 2. The van der Waals surface area contributed by atoms with E-state index < -0.39 is 5.56 Å². The van der Waals surface area contributed by atoms with Crippen LogP contribution in [0.5, 0.6) is 5.75 Å². The minimum Gasteiger partial charge on any atom is -0.495 e.